The third-order valence-corrected chi connectivity index (χ3v) is 4.52. The number of amides is 1. The van der Waals surface area contributed by atoms with Crippen LogP contribution in [0.25, 0.3) is 10.9 Å². The molecule has 4 nitrogen and oxygen atoms in total. The lowest BCUT2D eigenvalue weighted by molar-refractivity contribution is 0.0518. The number of benzene rings is 1. The van der Waals surface area contributed by atoms with Crippen LogP contribution in [-0.4, -0.2) is 40.1 Å². The Morgan fingerprint density at radius 1 is 1.33 bits per heavy atom. The zero-order valence-electron chi connectivity index (χ0n) is 12.6. The first-order valence-corrected chi connectivity index (χ1v) is 7.61. The van der Waals surface area contributed by atoms with Crippen LogP contribution >= 0.6 is 0 Å². The number of nitrogens with one attached hydrogen (secondary N) is 1. The predicted octanol–water partition coefficient (Wildman–Crippen LogP) is 2.71. The minimum Gasteiger partial charge on any atom is -0.393 e. The molecule has 1 saturated heterocycles. The molecule has 1 atom stereocenters. The maximum Gasteiger partial charge on any atom is 0.270 e. The Hall–Kier alpha value is -1.81. The van der Waals surface area contributed by atoms with Gasteiger partial charge in [0.1, 0.15) is 5.69 Å². The highest BCUT2D eigenvalue weighted by molar-refractivity contribution is 5.98. The van der Waals surface area contributed by atoms with Gasteiger partial charge in [-0.15, -0.1) is 0 Å². The van der Waals surface area contributed by atoms with Crippen molar-refractivity contribution in [3.63, 3.8) is 0 Å². The van der Waals surface area contributed by atoms with E-state index in [1.165, 1.54) is 5.56 Å². The van der Waals surface area contributed by atoms with Crippen molar-refractivity contribution in [3.8, 4) is 0 Å². The van der Waals surface area contributed by atoms with Crippen molar-refractivity contribution in [2.24, 2.45) is 5.92 Å². The van der Waals surface area contributed by atoms with Crippen molar-refractivity contribution < 1.29 is 9.90 Å². The molecule has 1 amide bonds. The van der Waals surface area contributed by atoms with Gasteiger partial charge in [0.05, 0.1) is 6.10 Å². The second-order valence-corrected chi connectivity index (χ2v) is 6.14. The molecule has 0 radical (unpaired) electrons. The number of hydrogen-bond acceptors (Lipinski definition) is 2. The highest BCUT2D eigenvalue weighted by Gasteiger charge is 2.26. The zero-order chi connectivity index (χ0) is 15.0. The number of aliphatic hydroxyl groups excluding tert-OH is 1. The molecule has 0 saturated carbocycles. The smallest absolute Gasteiger partial charge is 0.270 e. The maximum absolute atomic E-state index is 12.6. The summed E-state index contributed by atoms with van der Waals surface area (Å²) in [5.41, 5.74) is 2.85. The second kappa shape index (κ2) is 5.53. The summed E-state index contributed by atoms with van der Waals surface area (Å²) in [6.45, 7) is 5.33. The van der Waals surface area contributed by atoms with Crippen LogP contribution in [0, 0.1) is 12.8 Å². The Kier molecular flexibility index (Phi) is 3.72. The fraction of sp³-hybridized carbons (Fsp3) is 0.471. The van der Waals surface area contributed by atoms with Gasteiger partial charge in [0.2, 0.25) is 0 Å². The van der Waals surface area contributed by atoms with Crippen molar-refractivity contribution in [3.05, 3.63) is 35.5 Å². The first kappa shape index (κ1) is 14.1. The lowest BCUT2D eigenvalue weighted by Gasteiger charge is -2.33. The summed E-state index contributed by atoms with van der Waals surface area (Å²) in [5.74, 6) is 0.382. The van der Waals surface area contributed by atoms with E-state index in [2.05, 4.69) is 17.1 Å². The predicted molar refractivity (Wildman–Crippen MR) is 83.3 cm³/mol. The number of aryl methyl sites for hydroxylation is 1. The number of carbonyl (C=O) groups is 1. The quantitative estimate of drug-likeness (QED) is 0.892. The van der Waals surface area contributed by atoms with E-state index in [4.69, 9.17) is 0 Å². The number of hydrogen-bond donors (Lipinski definition) is 2. The molecular formula is C17H22N2O2. The van der Waals surface area contributed by atoms with Gasteiger partial charge in [0.25, 0.3) is 5.91 Å². The maximum atomic E-state index is 12.6. The van der Waals surface area contributed by atoms with E-state index in [1.807, 2.05) is 30.9 Å². The fourth-order valence-electron chi connectivity index (χ4n) is 3.11. The van der Waals surface area contributed by atoms with Gasteiger partial charge in [-0.1, -0.05) is 12.1 Å². The fourth-order valence-corrected chi connectivity index (χ4v) is 3.11. The van der Waals surface area contributed by atoms with Gasteiger partial charge in [0.15, 0.2) is 0 Å². The van der Waals surface area contributed by atoms with Crippen LogP contribution in [0.15, 0.2) is 24.3 Å². The van der Waals surface area contributed by atoms with Gasteiger partial charge in [-0.2, -0.15) is 0 Å². The first-order valence-electron chi connectivity index (χ1n) is 7.61. The number of rotatable bonds is 2. The van der Waals surface area contributed by atoms with Gasteiger partial charge in [-0.05, 0) is 50.3 Å². The molecule has 112 valence electrons. The molecule has 0 spiro atoms. The molecule has 1 aromatic carbocycles. The lowest BCUT2D eigenvalue weighted by atomic mass is 9.92. The highest BCUT2D eigenvalue weighted by Crippen LogP contribution is 2.23. The Morgan fingerprint density at radius 2 is 2.05 bits per heavy atom. The van der Waals surface area contributed by atoms with Crippen LogP contribution in [0.2, 0.25) is 0 Å². The lowest BCUT2D eigenvalue weighted by Crippen LogP contribution is -2.40. The second-order valence-electron chi connectivity index (χ2n) is 6.14. The molecule has 21 heavy (non-hydrogen) atoms. The third-order valence-electron chi connectivity index (χ3n) is 4.52. The molecule has 2 N–H and O–H groups in total. The number of aliphatic hydroxyl groups is 1. The van der Waals surface area contributed by atoms with E-state index in [9.17, 15) is 9.90 Å². The highest BCUT2D eigenvalue weighted by atomic mass is 16.3. The van der Waals surface area contributed by atoms with Gasteiger partial charge in [-0.25, -0.2) is 0 Å². The molecule has 1 fully saturated rings. The normalized spacial score (nSPS) is 18.1. The van der Waals surface area contributed by atoms with E-state index >= 15 is 0 Å². The molecule has 0 bridgehead atoms. The number of fused-ring (bicyclic) bond motifs is 1. The zero-order valence-corrected chi connectivity index (χ0v) is 12.6. The first-order chi connectivity index (χ1) is 10.0. The average Bonchev–Trinajstić information content (AvgIpc) is 2.89. The molecule has 2 heterocycles. The monoisotopic (exact) mass is 286 g/mol. The number of aromatic nitrogens is 1. The van der Waals surface area contributed by atoms with E-state index < -0.39 is 0 Å². The van der Waals surface area contributed by atoms with Gasteiger partial charge in [-0.3, -0.25) is 4.79 Å². The number of likely N-dealkylation sites (tertiary alicyclic amines) is 1. The SMILES string of the molecule is Cc1ccc2cc(C(=O)N3CCC(C(C)O)CC3)[nH]c2c1. The van der Waals surface area contributed by atoms with Gasteiger partial charge >= 0.3 is 0 Å². The van der Waals surface area contributed by atoms with Crippen LogP contribution < -0.4 is 0 Å². The summed E-state index contributed by atoms with van der Waals surface area (Å²) in [4.78, 5) is 17.7. The minimum atomic E-state index is -0.279. The number of H-pyrrole nitrogens is 1. The summed E-state index contributed by atoms with van der Waals surface area (Å²) in [7, 11) is 0. The summed E-state index contributed by atoms with van der Waals surface area (Å²) in [5, 5.41) is 10.7. The van der Waals surface area contributed by atoms with Gasteiger partial charge in [0, 0.05) is 24.0 Å². The number of carbonyl (C=O) groups excluding carboxylic acids is 1. The van der Waals surface area contributed by atoms with Crippen molar-refractivity contribution in [2.45, 2.75) is 32.8 Å². The Balaban J connectivity index is 1.75. The number of piperidine rings is 1. The molecule has 1 aliphatic heterocycles. The van der Waals surface area contributed by atoms with E-state index in [0.29, 0.717) is 11.6 Å². The number of aromatic amines is 1. The summed E-state index contributed by atoms with van der Waals surface area (Å²) in [6.07, 6.45) is 1.48. The topological polar surface area (TPSA) is 56.3 Å². The number of nitrogens with zero attached hydrogens (tertiary/aromatic N) is 1. The van der Waals surface area contributed by atoms with E-state index in [0.717, 1.165) is 36.8 Å². The molecule has 2 aromatic rings. The Labute approximate surface area is 124 Å². The standard InChI is InChI=1S/C17H22N2O2/c1-11-3-4-14-10-16(18-15(14)9-11)17(21)19-7-5-13(6-8-19)12(2)20/h3-4,9-10,12-13,18,20H,5-8H2,1-2H3. The largest absolute Gasteiger partial charge is 0.393 e. The summed E-state index contributed by atoms with van der Waals surface area (Å²) >= 11 is 0. The minimum absolute atomic E-state index is 0.0629. The van der Waals surface area contributed by atoms with Crippen molar-refractivity contribution in [2.75, 3.05) is 13.1 Å². The van der Waals surface area contributed by atoms with Crippen LogP contribution in [-0.2, 0) is 0 Å². The van der Waals surface area contributed by atoms with Crippen molar-refractivity contribution >= 4 is 16.8 Å². The van der Waals surface area contributed by atoms with Crippen molar-refractivity contribution in [1.82, 2.24) is 9.88 Å². The average molecular weight is 286 g/mol. The Bertz CT molecular complexity index is 652. The third kappa shape index (κ3) is 2.81. The van der Waals surface area contributed by atoms with Gasteiger partial charge < -0.3 is 15.0 Å². The Morgan fingerprint density at radius 3 is 2.71 bits per heavy atom. The molecule has 4 heteroatoms. The molecule has 3 rings (SSSR count). The molecular weight excluding hydrogens is 264 g/mol. The van der Waals surface area contributed by atoms with Crippen LogP contribution in [0.1, 0.15) is 35.8 Å². The molecule has 0 aliphatic carbocycles. The molecule has 1 aromatic heterocycles. The molecule has 1 aliphatic rings. The van der Waals surface area contributed by atoms with Crippen LogP contribution in [0.3, 0.4) is 0 Å². The molecule has 1 unspecified atom stereocenters. The summed E-state index contributed by atoms with van der Waals surface area (Å²) in [6, 6.07) is 8.08. The summed E-state index contributed by atoms with van der Waals surface area (Å²) < 4.78 is 0. The van der Waals surface area contributed by atoms with E-state index in [1.54, 1.807) is 0 Å². The van der Waals surface area contributed by atoms with Crippen molar-refractivity contribution in [1.29, 1.82) is 0 Å². The van der Waals surface area contributed by atoms with Crippen LogP contribution in [0.5, 0.6) is 0 Å². The van der Waals surface area contributed by atoms with Crippen LogP contribution in [0.4, 0.5) is 0 Å². The van der Waals surface area contributed by atoms with E-state index in [-0.39, 0.29) is 12.0 Å².